The third-order valence-electron chi connectivity index (χ3n) is 3.44. The maximum atomic E-state index is 12.2. The van der Waals surface area contributed by atoms with E-state index in [-0.39, 0.29) is 5.63 Å². The molecule has 4 aromatic rings. The average Bonchev–Trinajstić information content (AvgIpc) is 2.86. The predicted molar refractivity (Wildman–Crippen MR) is 76.3 cm³/mol. The zero-order valence-electron chi connectivity index (χ0n) is 10.7. The van der Waals surface area contributed by atoms with Crippen molar-refractivity contribution in [1.82, 2.24) is 0 Å². The number of furan rings is 1. The Morgan fingerprint density at radius 3 is 2.65 bits per heavy atom. The van der Waals surface area contributed by atoms with E-state index in [1.54, 1.807) is 25.3 Å². The van der Waals surface area contributed by atoms with E-state index < -0.39 is 0 Å². The van der Waals surface area contributed by atoms with Crippen molar-refractivity contribution in [3.63, 3.8) is 0 Å². The van der Waals surface area contributed by atoms with Crippen LogP contribution in [-0.2, 0) is 0 Å². The Balaban J connectivity index is 2.28. The Hall–Kier alpha value is -2.75. The van der Waals surface area contributed by atoms with Crippen molar-refractivity contribution in [2.75, 3.05) is 7.11 Å². The molecule has 98 valence electrons. The minimum Gasteiger partial charge on any atom is -0.497 e. The Kier molecular flexibility index (Phi) is 2.15. The second-order valence-corrected chi connectivity index (χ2v) is 4.55. The molecule has 0 unspecified atom stereocenters. The molecule has 0 fully saturated rings. The molecule has 20 heavy (non-hydrogen) atoms. The maximum Gasteiger partial charge on any atom is 0.348 e. The van der Waals surface area contributed by atoms with Crippen LogP contribution in [0, 0.1) is 0 Å². The lowest BCUT2D eigenvalue weighted by Crippen LogP contribution is -1.97. The number of rotatable bonds is 1. The van der Waals surface area contributed by atoms with Crippen LogP contribution >= 0.6 is 0 Å². The topological polar surface area (TPSA) is 52.6 Å². The molecule has 0 aliphatic heterocycles. The molecule has 0 atom stereocenters. The first-order valence-electron chi connectivity index (χ1n) is 6.20. The van der Waals surface area contributed by atoms with Crippen LogP contribution in [0.15, 0.2) is 56.1 Å². The van der Waals surface area contributed by atoms with Crippen LogP contribution in [0.2, 0.25) is 0 Å². The van der Waals surface area contributed by atoms with Gasteiger partial charge in [-0.2, -0.15) is 0 Å². The van der Waals surface area contributed by atoms with Crippen molar-refractivity contribution in [3.8, 4) is 5.75 Å². The maximum absolute atomic E-state index is 12.2. The van der Waals surface area contributed by atoms with Crippen LogP contribution in [0.1, 0.15) is 0 Å². The number of para-hydroxylation sites is 1. The smallest absolute Gasteiger partial charge is 0.348 e. The van der Waals surface area contributed by atoms with Crippen LogP contribution in [0.4, 0.5) is 0 Å². The number of fused-ring (bicyclic) bond motifs is 5. The van der Waals surface area contributed by atoms with Crippen LogP contribution < -0.4 is 10.4 Å². The summed E-state index contributed by atoms with van der Waals surface area (Å²) in [5.74, 6) is 0.685. The Bertz CT molecular complexity index is 1010. The van der Waals surface area contributed by atoms with Gasteiger partial charge in [-0.05, 0) is 24.3 Å². The van der Waals surface area contributed by atoms with E-state index in [2.05, 4.69) is 0 Å². The summed E-state index contributed by atoms with van der Waals surface area (Å²) in [6, 6.07) is 12.7. The third-order valence-corrected chi connectivity index (χ3v) is 3.44. The van der Waals surface area contributed by atoms with Crippen LogP contribution in [0.5, 0.6) is 5.75 Å². The van der Waals surface area contributed by atoms with Gasteiger partial charge >= 0.3 is 5.63 Å². The van der Waals surface area contributed by atoms with Crippen molar-refractivity contribution >= 4 is 32.9 Å². The van der Waals surface area contributed by atoms with E-state index in [9.17, 15) is 4.79 Å². The standard InChI is InChI=1S/C16H10O4/c1-18-9-6-7-10-13(8-9)19-15-11-4-2-3-5-12(11)20-16(17)14(10)15/h2-8H,1H3. The quantitative estimate of drug-likeness (QED) is 0.493. The first-order chi connectivity index (χ1) is 9.78. The van der Waals surface area contributed by atoms with E-state index in [1.807, 2.05) is 24.3 Å². The molecule has 2 heterocycles. The molecule has 0 aliphatic rings. The zero-order chi connectivity index (χ0) is 13.7. The first-order valence-corrected chi connectivity index (χ1v) is 6.20. The van der Waals surface area contributed by atoms with Gasteiger partial charge in [0.15, 0.2) is 5.58 Å². The largest absolute Gasteiger partial charge is 0.497 e. The molecule has 0 saturated heterocycles. The Morgan fingerprint density at radius 2 is 1.80 bits per heavy atom. The fraction of sp³-hybridized carbons (Fsp3) is 0.0625. The summed E-state index contributed by atoms with van der Waals surface area (Å²) in [6.45, 7) is 0. The number of benzene rings is 2. The van der Waals surface area contributed by atoms with Crippen LogP contribution in [0.25, 0.3) is 32.9 Å². The molecule has 0 N–H and O–H groups in total. The fourth-order valence-electron chi connectivity index (χ4n) is 2.49. The molecule has 4 heteroatoms. The van der Waals surface area contributed by atoms with Gasteiger partial charge in [0, 0.05) is 11.5 Å². The van der Waals surface area contributed by atoms with E-state index in [1.165, 1.54) is 0 Å². The molecule has 0 bridgehead atoms. The summed E-state index contributed by atoms with van der Waals surface area (Å²) in [7, 11) is 1.59. The van der Waals surface area contributed by atoms with Crippen LogP contribution in [-0.4, -0.2) is 7.11 Å². The van der Waals surface area contributed by atoms with Gasteiger partial charge in [-0.1, -0.05) is 12.1 Å². The fourth-order valence-corrected chi connectivity index (χ4v) is 2.49. The number of hydrogen-bond donors (Lipinski definition) is 0. The van der Waals surface area contributed by atoms with E-state index >= 15 is 0 Å². The molecular formula is C16H10O4. The summed E-state index contributed by atoms with van der Waals surface area (Å²) in [4.78, 5) is 12.2. The Morgan fingerprint density at radius 1 is 0.950 bits per heavy atom. The van der Waals surface area contributed by atoms with Crippen molar-refractivity contribution in [2.24, 2.45) is 0 Å². The van der Waals surface area contributed by atoms with E-state index in [4.69, 9.17) is 13.6 Å². The van der Waals surface area contributed by atoms with Crippen molar-refractivity contribution in [3.05, 3.63) is 52.9 Å². The van der Waals surface area contributed by atoms with Gasteiger partial charge in [0.05, 0.1) is 12.5 Å². The number of methoxy groups -OCH3 is 1. The van der Waals surface area contributed by atoms with Gasteiger partial charge in [0.2, 0.25) is 0 Å². The SMILES string of the molecule is COc1ccc2c(c1)oc1c3ccccc3oc(=O)c21. The highest BCUT2D eigenvalue weighted by Gasteiger charge is 2.15. The third kappa shape index (κ3) is 1.39. The molecular weight excluding hydrogens is 256 g/mol. The summed E-state index contributed by atoms with van der Waals surface area (Å²) >= 11 is 0. The van der Waals surface area contributed by atoms with Crippen molar-refractivity contribution in [1.29, 1.82) is 0 Å². The zero-order valence-corrected chi connectivity index (χ0v) is 10.7. The van der Waals surface area contributed by atoms with E-state index in [0.29, 0.717) is 27.9 Å². The normalized spacial score (nSPS) is 11.4. The second kappa shape index (κ2) is 3.87. The van der Waals surface area contributed by atoms with Gasteiger partial charge in [-0.15, -0.1) is 0 Å². The highest BCUT2D eigenvalue weighted by molar-refractivity contribution is 6.12. The molecule has 0 amide bonds. The van der Waals surface area contributed by atoms with Gasteiger partial charge in [0.25, 0.3) is 0 Å². The van der Waals surface area contributed by atoms with Gasteiger partial charge in [-0.25, -0.2) is 4.79 Å². The van der Waals surface area contributed by atoms with Gasteiger partial charge in [0.1, 0.15) is 22.3 Å². The molecule has 0 spiro atoms. The monoisotopic (exact) mass is 266 g/mol. The predicted octanol–water partition coefficient (Wildman–Crippen LogP) is 3.70. The van der Waals surface area contributed by atoms with Crippen molar-refractivity contribution < 1.29 is 13.6 Å². The summed E-state index contributed by atoms with van der Waals surface area (Å²) < 4.78 is 16.4. The van der Waals surface area contributed by atoms with E-state index in [0.717, 1.165) is 10.8 Å². The molecule has 2 aromatic carbocycles. The lowest BCUT2D eigenvalue weighted by molar-refractivity contribution is 0.414. The summed E-state index contributed by atoms with van der Waals surface area (Å²) in [6.07, 6.45) is 0. The highest BCUT2D eigenvalue weighted by atomic mass is 16.5. The molecule has 0 aliphatic carbocycles. The Labute approximate surface area is 113 Å². The van der Waals surface area contributed by atoms with Crippen molar-refractivity contribution in [2.45, 2.75) is 0 Å². The molecule has 4 rings (SSSR count). The second-order valence-electron chi connectivity index (χ2n) is 4.55. The van der Waals surface area contributed by atoms with Gasteiger partial charge in [-0.3, -0.25) is 0 Å². The number of ether oxygens (including phenoxy) is 1. The summed E-state index contributed by atoms with van der Waals surface area (Å²) in [5.41, 5.74) is 1.31. The van der Waals surface area contributed by atoms with Crippen LogP contribution in [0.3, 0.4) is 0 Å². The molecule has 2 aromatic heterocycles. The number of hydrogen-bond acceptors (Lipinski definition) is 4. The molecule has 0 saturated carbocycles. The average molecular weight is 266 g/mol. The molecule has 0 radical (unpaired) electrons. The first kappa shape index (κ1) is 11.1. The summed E-state index contributed by atoms with van der Waals surface area (Å²) in [5, 5.41) is 2.00. The molecule has 4 nitrogen and oxygen atoms in total. The minimum absolute atomic E-state index is 0.386. The lowest BCUT2D eigenvalue weighted by atomic mass is 10.1. The van der Waals surface area contributed by atoms with Gasteiger partial charge < -0.3 is 13.6 Å². The highest BCUT2D eigenvalue weighted by Crippen LogP contribution is 2.33. The minimum atomic E-state index is -0.386. The lowest BCUT2D eigenvalue weighted by Gasteiger charge is -1.96.